The van der Waals surface area contributed by atoms with E-state index in [2.05, 4.69) is 15.4 Å². The van der Waals surface area contributed by atoms with Crippen molar-refractivity contribution in [2.75, 3.05) is 24.3 Å². The maximum absolute atomic E-state index is 12.1. The fourth-order valence-electron chi connectivity index (χ4n) is 2.19. The number of esters is 1. The van der Waals surface area contributed by atoms with Crippen molar-refractivity contribution >= 4 is 23.3 Å². The van der Waals surface area contributed by atoms with E-state index in [1.807, 2.05) is 38.1 Å². The summed E-state index contributed by atoms with van der Waals surface area (Å²) in [5.41, 5.74) is 1.65. The maximum atomic E-state index is 12.1. The Hall–Kier alpha value is -3.02. The number of para-hydroxylation sites is 2. The van der Waals surface area contributed by atoms with Crippen molar-refractivity contribution in [3.8, 4) is 5.75 Å². The largest absolute Gasteiger partial charge is 0.489 e. The molecular formula is C19H22N2O4. The maximum Gasteiger partial charge on any atom is 0.337 e. The number of methoxy groups -OCH3 is 1. The van der Waals surface area contributed by atoms with E-state index in [1.54, 1.807) is 24.3 Å². The molecule has 2 rings (SSSR count). The second-order valence-corrected chi connectivity index (χ2v) is 5.64. The molecule has 0 radical (unpaired) electrons. The molecule has 0 fully saturated rings. The number of hydrogen-bond donors (Lipinski definition) is 2. The van der Waals surface area contributed by atoms with Crippen LogP contribution in [0.4, 0.5) is 11.4 Å². The third kappa shape index (κ3) is 5.53. The molecule has 132 valence electrons. The Bertz CT molecular complexity index is 744. The van der Waals surface area contributed by atoms with Gasteiger partial charge in [-0.15, -0.1) is 0 Å². The highest BCUT2D eigenvalue weighted by Crippen LogP contribution is 2.24. The van der Waals surface area contributed by atoms with Gasteiger partial charge in [-0.1, -0.05) is 18.2 Å². The lowest BCUT2D eigenvalue weighted by Gasteiger charge is -2.15. The molecule has 0 aromatic heterocycles. The van der Waals surface area contributed by atoms with E-state index in [1.165, 1.54) is 7.11 Å². The van der Waals surface area contributed by atoms with Gasteiger partial charge < -0.3 is 20.1 Å². The van der Waals surface area contributed by atoms with Crippen LogP contribution in [0, 0.1) is 0 Å². The Balaban J connectivity index is 1.97. The molecule has 2 N–H and O–H groups in total. The average Bonchev–Trinajstić information content (AvgIpc) is 2.60. The van der Waals surface area contributed by atoms with E-state index >= 15 is 0 Å². The molecule has 0 spiro atoms. The molecule has 6 nitrogen and oxygen atoms in total. The van der Waals surface area contributed by atoms with E-state index in [-0.39, 0.29) is 18.6 Å². The van der Waals surface area contributed by atoms with Crippen LogP contribution in [0.25, 0.3) is 0 Å². The summed E-state index contributed by atoms with van der Waals surface area (Å²) in [5, 5.41) is 5.80. The predicted molar refractivity (Wildman–Crippen MR) is 97.1 cm³/mol. The molecule has 6 heteroatoms. The Morgan fingerprint density at radius 3 is 2.56 bits per heavy atom. The molecule has 25 heavy (non-hydrogen) atoms. The van der Waals surface area contributed by atoms with Gasteiger partial charge in [-0.25, -0.2) is 4.79 Å². The molecule has 0 bridgehead atoms. The third-order valence-corrected chi connectivity index (χ3v) is 3.26. The van der Waals surface area contributed by atoms with Crippen molar-refractivity contribution in [1.82, 2.24) is 0 Å². The van der Waals surface area contributed by atoms with Crippen molar-refractivity contribution in [1.29, 1.82) is 0 Å². The fourth-order valence-corrected chi connectivity index (χ4v) is 2.19. The number of carbonyl (C=O) groups is 2. The molecule has 0 saturated carbocycles. The first kappa shape index (κ1) is 18.3. The van der Waals surface area contributed by atoms with E-state index in [0.717, 1.165) is 5.69 Å². The number of nitrogens with one attached hydrogen (secondary N) is 2. The summed E-state index contributed by atoms with van der Waals surface area (Å²) in [4.78, 5) is 23.7. The van der Waals surface area contributed by atoms with Crippen LogP contribution in [0.3, 0.4) is 0 Å². The number of ether oxygens (including phenoxy) is 2. The van der Waals surface area contributed by atoms with Crippen LogP contribution in [0.1, 0.15) is 24.2 Å². The van der Waals surface area contributed by atoms with Gasteiger partial charge in [0.2, 0.25) is 5.91 Å². The summed E-state index contributed by atoms with van der Waals surface area (Å²) in [5.74, 6) is 0.00772. The highest BCUT2D eigenvalue weighted by molar-refractivity contribution is 5.96. The Labute approximate surface area is 147 Å². The second-order valence-electron chi connectivity index (χ2n) is 5.64. The summed E-state index contributed by atoms with van der Waals surface area (Å²) in [6, 6.07) is 14.0. The molecule has 2 aromatic carbocycles. The van der Waals surface area contributed by atoms with E-state index in [0.29, 0.717) is 17.0 Å². The summed E-state index contributed by atoms with van der Waals surface area (Å²) < 4.78 is 10.4. The topological polar surface area (TPSA) is 76.7 Å². The zero-order chi connectivity index (χ0) is 18.2. The van der Waals surface area contributed by atoms with Crippen LogP contribution in [0.2, 0.25) is 0 Å². The number of benzene rings is 2. The molecule has 0 aliphatic heterocycles. The van der Waals surface area contributed by atoms with Crippen molar-refractivity contribution in [2.24, 2.45) is 0 Å². The lowest BCUT2D eigenvalue weighted by Crippen LogP contribution is -2.22. The molecule has 0 heterocycles. The van der Waals surface area contributed by atoms with Crippen LogP contribution < -0.4 is 15.4 Å². The van der Waals surface area contributed by atoms with Gasteiger partial charge in [0.15, 0.2) is 0 Å². The number of rotatable bonds is 7. The summed E-state index contributed by atoms with van der Waals surface area (Å²) in [6.45, 7) is 3.95. The van der Waals surface area contributed by atoms with Gasteiger partial charge in [-0.05, 0) is 44.2 Å². The van der Waals surface area contributed by atoms with E-state index < -0.39 is 5.97 Å². The number of anilines is 2. The zero-order valence-corrected chi connectivity index (χ0v) is 14.5. The molecule has 0 saturated heterocycles. The highest BCUT2D eigenvalue weighted by Gasteiger charge is 2.09. The minimum Gasteiger partial charge on any atom is -0.489 e. The van der Waals surface area contributed by atoms with E-state index in [4.69, 9.17) is 4.74 Å². The lowest BCUT2D eigenvalue weighted by molar-refractivity contribution is -0.114. The van der Waals surface area contributed by atoms with Gasteiger partial charge in [0.25, 0.3) is 0 Å². The fraction of sp³-hybridized carbons (Fsp3) is 0.263. The normalized spacial score (nSPS) is 10.2. The van der Waals surface area contributed by atoms with Crippen LogP contribution in [0.15, 0.2) is 48.5 Å². The van der Waals surface area contributed by atoms with Crippen LogP contribution in [0.5, 0.6) is 5.75 Å². The van der Waals surface area contributed by atoms with Crippen molar-refractivity contribution in [2.45, 2.75) is 20.0 Å². The monoisotopic (exact) mass is 342 g/mol. The first-order valence-corrected chi connectivity index (χ1v) is 7.97. The first-order valence-electron chi connectivity index (χ1n) is 7.97. The van der Waals surface area contributed by atoms with Gasteiger partial charge in [0, 0.05) is 5.69 Å². The average molecular weight is 342 g/mol. The number of amides is 1. The van der Waals surface area contributed by atoms with Gasteiger partial charge in [-0.2, -0.15) is 0 Å². The predicted octanol–water partition coefficient (Wildman–Crippen LogP) is 3.31. The quantitative estimate of drug-likeness (QED) is 0.755. The van der Waals surface area contributed by atoms with Crippen molar-refractivity contribution in [3.05, 3.63) is 54.1 Å². The van der Waals surface area contributed by atoms with Crippen molar-refractivity contribution in [3.63, 3.8) is 0 Å². The zero-order valence-electron chi connectivity index (χ0n) is 14.5. The van der Waals surface area contributed by atoms with Gasteiger partial charge in [0.1, 0.15) is 5.75 Å². The van der Waals surface area contributed by atoms with Gasteiger partial charge in [0.05, 0.1) is 31.0 Å². The molecule has 0 atom stereocenters. The minimum atomic E-state index is -0.450. The molecular weight excluding hydrogens is 320 g/mol. The SMILES string of the molecule is COC(=O)c1cccc(NC(=O)CNc2ccccc2OC(C)C)c1. The minimum absolute atomic E-state index is 0.0397. The van der Waals surface area contributed by atoms with Crippen LogP contribution in [-0.4, -0.2) is 31.6 Å². The Morgan fingerprint density at radius 1 is 1.08 bits per heavy atom. The van der Waals surface area contributed by atoms with Crippen LogP contribution >= 0.6 is 0 Å². The third-order valence-electron chi connectivity index (χ3n) is 3.26. The molecule has 2 aromatic rings. The van der Waals surface area contributed by atoms with Crippen molar-refractivity contribution < 1.29 is 19.1 Å². The Kier molecular flexibility index (Phi) is 6.39. The summed E-state index contributed by atoms with van der Waals surface area (Å²) in [6.07, 6.45) is 0.0397. The standard InChI is InChI=1S/C19H22N2O4/c1-13(2)25-17-10-5-4-9-16(17)20-12-18(22)21-15-8-6-7-14(11-15)19(23)24-3/h4-11,13,20H,12H2,1-3H3,(H,21,22). The highest BCUT2D eigenvalue weighted by atomic mass is 16.5. The molecule has 1 amide bonds. The first-order chi connectivity index (χ1) is 12.0. The number of hydrogen-bond acceptors (Lipinski definition) is 5. The van der Waals surface area contributed by atoms with Gasteiger partial charge in [-0.3, -0.25) is 4.79 Å². The smallest absolute Gasteiger partial charge is 0.337 e. The Morgan fingerprint density at radius 2 is 1.84 bits per heavy atom. The summed E-state index contributed by atoms with van der Waals surface area (Å²) >= 11 is 0. The van der Waals surface area contributed by atoms with Crippen LogP contribution in [-0.2, 0) is 9.53 Å². The molecule has 0 aliphatic carbocycles. The molecule has 0 aliphatic rings. The second kappa shape index (κ2) is 8.73. The molecule has 0 unspecified atom stereocenters. The summed E-state index contributed by atoms with van der Waals surface area (Å²) in [7, 11) is 1.31. The lowest BCUT2D eigenvalue weighted by atomic mass is 10.2. The van der Waals surface area contributed by atoms with E-state index in [9.17, 15) is 9.59 Å². The number of carbonyl (C=O) groups excluding carboxylic acids is 2. The van der Waals surface area contributed by atoms with Gasteiger partial charge >= 0.3 is 5.97 Å².